The Kier molecular flexibility index (Phi) is 5.38. The first kappa shape index (κ1) is 18.3. The number of hydrogen-bond donors (Lipinski definition) is 1. The van der Waals surface area contributed by atoms with E-state index in [-0.39, 0.29) is 17.2 Å². The molecular weight excluding hydrogens is 338 g/mol. The second-order valence-corrected chi connectivity index (χ2v) is 8.12. The van der Waals surface area contributed by atoms with Gasteiger partial charge in [0, 0.05) is 20.6 Å². The molecule has 0 bridgehead atoms. The van der Waals surface area contributed by atoms with Crippen LogP contribution in [0.4, 0.5) is 0 Å². The van der Waals surface area contributed by atoms with E-state index in [4.69, 9.17) is 0 Å². The third kappa shape index (κ3) is 3.17. The van der Waals surface area contributed by atoms with E-state index < -0.39 is 23.1 Å². The van der Waals surface area contributed by atoms with E-state index in [0.717, 1.165) is 12.0 Å². The van der Waals surface area contributed by atoms with Crippen molar-refractivity contribution in [2.24, 2.45) is 0 Å². The third-order valence-corrected chi connectivity index (χ3v) is 6.38. The van der Waals surface area contributed by atoms with Crippen LogP contribution in [0.3, 0.4) is 0 Å². The summed E-state index contributed by atoms with van der Waals surface area (Å²) in [7, 11) is 2.32. The Balaban J connectivity index is 1.96. The van der Waals surface area contributed by atoms with Crippen molar-refractivity contribution in [2.45, 2.75) is 36.8 Å². The zero-order valence-electron chi connectivity index (χ0n) is 14.8. The molecule has 136 valence electrons. The monoisotopic (exact) mass is 363 g/mol. The van der Waals surface area contributed by atoms with E-state index >= 15 is 0 Å². The SMILES string of the molecule is CCCN1C(=O)[C@H]2[C@H](C=C[C@H]([C@H](O)c3ccccc3)N2N(C)C)S1=O. The number of rotatable bonds is 5. The van der Waals surface area contributed by atoms with Gasteiger partial charge in [-0.15, -0.1) is 0 Å². The first-order valence-corrected chi connectivity index (χ1v) is 9.73. The molecule has 1 unspecified atom stereocenters. The van der Waals surface area contributed by atoms with Crippen LogP contribution in [0.5, 0.6) is 0 Å². The van der Waals surface area contributed by atoms with Gasteiger partial charge in [-0.1, -0.05) is 49.4 Å². The van der Waals surface area contributed by atoms with Gasteiger partial charge in [-0.25, -0.2) is 14.2 Å². The Morgan fingerprint density at radius 1 is 1.24 bits per heavy atom. The van der Waals surface area contributed by atoms with Crippen molar-refractivity contribution in [3.63, 3.8) is 0 Å². The van der Waals surface area contributed by atoms with Gasteiger partial charge in [-0.3, -0.25) is 9.10 Å². The van der Waals surface area contributed by atoms with E-state index in [1.807, 2.05) is 73.5 Å². The molecule has 1 fully saturated rings. The molecule has 5 atom stereocenters. The van der Waals surface area contributed by atoms with Gasteiger partial charge in [0.1, 0.15) is 17.0 Å². The van der Waals surface area contributed by atoms with Gasteiger partial charge in [0.2, 0.25) is 0 Å². The Morgan fingerprint density at radius 2 is 1.92 bits per heavy atom. The van der Waals surface area contributed by atoms with Gasteiger partial charge in [0.15, 0.2) is 0 Å². The second kappa shape index (κ2) is 7.37. The molecule has 2 heterocycles. The quantitative estimate of drug-likeness (QED) is 0.794. The highest BCUT2D eigenvalue weighted by Gasteiger charge is 2.53. The molecule has 1 aromatic rings. The number of benzene rings is 1. The Hall–Kier alpha value is -1.54. The highest BCUT2D eigenvalue weighted by Crippen LogP contribution is 2.35. The van der Waals surface area contributed by atoms with Crippen LogP contribution in [0, 0.1) is 0 Å². The number of fused-ring (bicyclic) bond motifs is 1. The fraction of sp³-hybridized carbons (Fsp3) is 0.500. The van der Waals surface area contributed by atoms with E-state index in [2.05, 4.69) is 0 Å². The first-order valence-electron chi connectivity index (χ1n) is 8.56. The molecule has 6 nitrogen and oxygen atoms in total. The third-order valence-electron chi connectivity index (χ3n) is 4.70. The molecule has 2 aliphatic rings. The largest absolute Gasteiger partial charge is 0.386 e. The number of aliphatic hydroxyl groups is 1. The number of hydrogen-bond acceptors (Lipinski definition) is 5. The van der Waals surface area contributed by atoms with Crippen molar-refractivity contribution in [1.82, 2.24) is 14.3 Å². The summed E-state index contributed by atoms with van der Waals surface area (Å²) in [6.45, 7) is 2.45. The van der Waals surface area contributed by atoms with Crippen molar-refractivity contribution in [3.8, 4) is 0 Å². The zero-order valence-corrected chi connectivity index (χ0v) is 15.6. The fourth-order valence-corrected chi connectivity index (χ4v) is 5.21. The molecule has 0 aromatic heterocycles. The molecule has 0 radical (unpaired) electrons. The van der Waals surface area contributed by atoms with Crippen LogP contribution >= 0.6 is 0 Å². The van der Waals surface area contributed by atoms with Crippen LogP contribution in [-0.4, -0.2) is 67.5 Å². The van der Waals surface area contributed by atoms with E-state index in [0.29, 0.717) is 6.54 Å². The molecule has 3 rings (SSSR count). The summed E-state index contributed by atoms with van der Waals surface area (Å²) in [6, 6.07) is 8.47. The second-order valence-electron chi connectivity index (χ2n) is 6.58. The average Bonchev–Trinajstić information content (AvgIpc) is 2.86. The van der Waals surface area contributed by atoms with Gasteiger partial charge >= 0.3 is 0 Å². The van der Waals surface area contributed by atoms with Crippen molar-refractivity contribution in [1.29, 1.82) is 0 Å². The number of amides is 1. The van der Waals surface area contributed by atoms with Crippen LogP contribution in [0.2, 0.25) is 0 Å². The molecule has 2 aliphatic heterocycles. The molecule has 7 heteroatoms. The standard InChI is InChI=1S/C18H25N3O3S/c1-4-12-20-18(23)16-15(25(20)24)11-10-14(21(16)19(2)3)17(22)13-8-6-5-7-9-13/h5-11,14-17,22H,4,12H2,1-3H3/t14-,15+,16-,17-,25?/m1/s1. The lowest BCUT2D eigenvalue weighted by Crippen LogP contribution is -2.59. The van der Waals surface area contributed by atoms with Gasteiger partial charge in [0.25, 0.3) is 5.91 Å². The molecule has 0 saturated carbocycles. The van der Waals surface area contributed by atoms with Crippen LogP contribution in [-0.2, 0) is 15.8 Å². The topological polar surface area (TPSA) is 64.1 Å². The van der Waals surface area contributed by atoms with Crippen LogP contribution in [0.25, 0.3) is 0 Å². The summed E-state index contributed by atoms with van der Waals surface area (Å²) in [5.41, 5.74) is 0.791. The number of hydrazine groups is 1. The maximum absolute atomic E-state index is 12.9. The van der Waals surface area contributed by atoms with Gasteiger partial charge in [-0.05, 0) is 12.0 Å². The smallest absolute Gasteiger partial charge is 0.254 e. The fourth-order valence-electron chi connectivity index (χ4n) is 3.58. The minimum absolute atomic E-state index is 0.131. The number of carbonyl (C=O) groups is 1. The summed E-state index contributed by atoms with van der Waals surface area (Å²) in [4.78, 5) is 12.9. The summed E-state index contributed by atoms with van der Waals surface area (Å²) in [5.74, 6) is -0.131. The number of carbonyl (C=O) groups excluding carboxylic acids is 1. The van der Waals surface area contributed by atoms with Gasteiger partial charge < -0.3 is 5.11 Å². The minimum Gasteiger partial charge on any atom is -0.386 e. The molecule has 0 aliphatic carbocycles. The maximum Gasteiger partial charge on any atom is 0.254 e. The molecule has 1 amide bonds. The molecule has 25 heavy (non-hydrogen) atoms. The normalized spacial score (nSPS) is 30.8. The number of nitrogens with zero attached hydrogens (tertiary/aromatic N) is 3. The Bertz CT molecular complexity index is 679. The van der Waals surface area contributed by atoms with Gasteiger partial charge in [0.05, 0.1) is 17.4 Å². The predicted octanol–water partition coefficient (Wildman–Crippen LogP) is 1.09. The number of aliphatic hydroxyl groups excluding tert-OH is 1. The lowest BCUT2D eigenvalue weighted by Gasteiger charge is -2.43. The highest BCUT2D eigenvalue weighted by atomic mass is 32.2. The predicted molar refractivity (Wildman–Crippen MR) is 97.6 cm³/mol. The minimum atomic E-state index is -1.37. The molecule has 1 N–H and O–H groups in total. The average molecular weight is 363 g/mol. The highest BCUT2D eigenvalue weighted by molar-refractivity contribution is 7.84. The molecule has 1 aromatic carbocycles. The summed E-state index contributed by atoms with van der Waals surface area (Å²) < 4.78 is 14.2. The van der Waals surface area contributed by atoms with E-state index in [9.17, 15) is 14.1 Å². The lowest BCUT2D eigenvalue weighted by molar-refractivity contribution is -0.143. The molecule has 0 spiro atoms. The first-order chi connectivity index (χ1) is 12.0. The molecule has 1 saturated heterocycles. The lowest BCUT2D eigenvalue weighted by atomic mass is 9.95. The van der Waals surface area contributed by atoms with Crippen molar-refractivity contribution >= 4 is 16.9 Å². The van der Waals surface area contributed by atoms with Crippen molar-refractivity contribution in [2.75, 3.05) is 20.6 Å². The summed E-state index contributed by atoms with van der Waals surface area (Å²) >= 11 is 0. The van der Waals surface area contributed by atoms with Crippen molar-refractivity contribution < 1.29 is 14.1 Å². The van der Waals surface area contributed by atoms with E-state index in [1.54, 1.807) is 0 Å². The van der Waals surface area contributed by atoms with Crippen LogP contribution < -0.4 is 0 Å². The Labute approximate surface area is 151 Å². The zero-order chi connectivity index (χ0) is 18.1. The molecular formula is C18H25N3O3S. The Morgan fingerprint density at radius 3 is 2.52 bits per heavy atom. The summed E-state index contributed by atoms with van der Waals surface area (Å²) in [6.07, 6.45) is 3.70. The van der Waals surface area contributed by atoms with Crippen molar-refractivity contribution in [3.05, 3.63) is 48.0 Å². The maximum atomic E-state index is 12.9. The van der Waals surface area contributed by atoms with Gasteiger partial charge in [-0.2, -0.15) is 0 Å². The van der Waals surface area contributed by atoms with Crippen LogP contribution in [0.1, 0.15) is 25.0 Å². The van der Waals surface area contributed by atoms with E-state index in [1.165, 1.54) is 4.31 Å². The summed E-state index contributed by atoms with van der Waals surface area (Å²) in [5, 5.41) is 14.2. The van der Waals surface area contributed by atoms with Crippen LogP contribution in [0.15, 0.2) is 42.5 Å².